The summed E-state index contributed by atoms with van der Waals surface area (Å²) in [4.78, 5) is 5.39. The van der Waals surface area contributed by atoms with Gasteiger partial charge in [0.05, 0.1) is 20.8 Å². The second-order valence-corrected chi connectivity index (χ2v) is 8.53. The molecule has 1 aliphatic heterocycles. The van der Waals surface area contributed by atoms with E-state index in [1.54, 1.807) is 24.3 Å². The fourth-order valence-electron chi connectivity index (χ4n) is 4.36. The average Bonchev–Trinajstić information content (AvgIpc) is 2.89. The van der Waals surface area contributed by atoms with Crippen molar-refractivity contribution in [1.29, 1.82) is 0 Å². The van der Waals surface area contributed by atoms with E-state index in [9.17, 15) is 5.11 Å². The number of hydrogen-bond acceptors (Lipinski definition) is 6. The van der Waals surface area contributed by atoms with Crippen LogP contribution in [0.15, 0.2) is 60.7 Å². The number of hydroxylamine groups is 1. The van der Waals surface area contributed by atoms with Crippen LogP contribution >= 0.6 is 0 Å². The maximum atomic E-state index is 15.3. The van der Waals surface area contributed by atoms with Crippen LogP contribution in [0.2, 0.25) is 0 Å². The van der Waals surface area contributed by atoms with E-state index < -0.39 is 11.4 Å². The van der Waals surface area contributed by atoms with Crippen molar-refractivity contribution in [1.82, 2.24) is 0 Å². The van der Waals surface area contributed by atoms with Gasteiger partial charge in [-0.25, -0.2) is 4.39 Å². The highest BCUT2D eigenvalue weighted by Crippen LogP contribution is 2.47. The van der Waals surface area contributed by atoms with Crippen LogP contribution in [0.25, 0.3) is 0 Å². The smallest absolute Gasteiger partial charge is 0.149 e. The van der Waals surface area contributed by atoms with Gasteiger partial charge in [0.1, 0.15) is 41.0 Å². The highest BCUT2D eigenvalue weighted by molar-refractivity contribution is 5.59. The highest BCUT2D eigenvalue weighted by Gasteiger charge is 2.40. The minimum absolute atomic E-state index is 0.253. The Hall–Kier alpha value is -3.29. The van der Waals surface area contributed by atoms with E-state index in [0.717, 1.165) is 18.4 Å². The quantitative estimate of drug-likeness (QED) is 0.381. The van der Waals surface area contributed by atoms with Gasteiger partial charge in [0.2, 0.25) is 0 Å². The summed E-state index contributed by atoms with van der Waals surface area (Å²) < 4.78 is 32.7. The van der Waals surface area contributed by atoms with Gasteiger partial charge in [-0.1, -0.05) is 43.7 Å². The van der Waals surface area contributed by atoms with Crippen LogP contribution in [0, 0.1) is 5.82 Å². The van der Waals surface area contributed by atoms with Gasteiger partial charge in [-0.3, -0.25) is 9.90 Å². The van der Waals surface area contributed by atoms with E-state index >= 15 is 4.39 Å². The summed E-state index contributed by atoms with van der Waals surface area (Å²) in [6.45, 7) is 3.28. The molecule has 0 radical (unpaired) electrons. The molecule has 186 valence electrons. The Morgan fingerprint density at radius 1 is 1.06 bits per heavy atom. The summed E-state index contributed by atoms with van der Waals surface area (Å²) in [6, 6.07) is 18.1. The van der Waals surface area contributed by atoms with E-state index in [2.05, 4.69) is 6.92 Å². The lowest BCUT2D eigenvalue weighted by molar-refractivity contribution is 0.0323. The monoisotopic (exact) mass is 481 g/mol. The van der Waals surface area contributed by atoms with Crippen molar-refractivity contribution in [3.05, 3.63) is 83.2 Å². The predicted molar refractivity (Wildman–Crippen MR) is 133 cm³/mol. The Labute approximate surface area is 205 Å². The topological polar surface area (TPSA) is 60.4 Å². The molecule has 3 aromatic rings. The molecule has 1 unspecified atom stereocenters. The lowest BCUT2D eigenvalue weighted by Crippen LogP contribution is -2.34. The minimum atomic E-state index is -1.49. The van der Waals surface area contributed by atoms with Crippen LogP contribution in [0.4, 0.5) is 10.1 Å². The SMILES string of the molecule is CCCCN(OC)c1cc(OC)c(C2(O)CCOc3cc(OCc4ccccc4)ccc32)cc1F. The summed E-state index contributed by atoms with van der Waals surface area (Å²) >= 11 is 0. The summed E-state index contributed by atoms with van der Waals surface area (Å²) in [7, 11) is 3.02. The van der Waals surface area contributed by atoms with Crippen molar-refractivity contribution in [2.75, 3.05) is 32.4 Å². The molecule has 35 heavy (non-hydrogen) atoms. The van der Waals surface area contributed by atoms with Gasteiger partial charge >= 0.3 is 0 Å². The van der Waals surface area contributed by atoms with Gasteiger partial charge in [-0.15, -0.1) is 0 Å². The summed E-state index contributed by atoms with van der Waals surface area (Å²) in [5.74, 6) is 0.997. The average molecular weight is 482 g/mol. The van der Waals surface area contributed by atoms with Gasteiger partial charge in [0, 0.05) is 36.2 Å². The largest absolute Gasteiger partial charge is 0.496 e. The lowest BCUT2D eigenvalue weighted by atomic mass is 9.81. The van der Waals surface area contributed by atoms with Gasteiger partial charge in [0.25, 0.3) is 0 Å². The highest BCUT2D eigenvalue weighted by atomic mass is 19.1. The second-order valence-electron chi connectivity index (χ2n) is 8.53. The molecule has 0 saturated heterocycles. The number of aliphatic hydroxyl groups is 1. The molecule has 1 aliphatic rings. The molecule has 0 spiro atoms. The molecule has 7 heteroatoms. The Balaban J connectivity index is 1.65. The number of hydrogen-bond donors (Lipinski definition) is 1. The molecule has 1 N–H and O–H groups in total. The van der Waals surface area contributed by atoms with Crippen LogP contribution in [0.1, 0.15) is 42.9 Å². The van der Waals surface area contributed by atoms with Crippen LogP contribution < -0.4 is 19.3 Å². The molecule has 0 saturated carbocycles. The van der Waals surface area contributed by atoms with Gasteiger partial charge in [0.15, 0.2) is 0 Å². The first kappa shape index (κ1) is 24.8. The third-order valence-electron chi connectivity index (χ3n) is 6.29. The first-order valence-electron chi connectivity index (χ1n) is 11.9. The molecule has 0 fully saturated rings. The molecule has 4 rings (SSSR count). The summed E-state index contributed by atoms with van der Waals surface area (Å²) in [5, 5.41) is 13.3. The zero-order valence-corrected chi connectivity index (χ0v) is 20.4. The number of halogens is 1. The maximum Gasteiger partial charge on any atom is 0.149 e. The molecule has 3 aromatic carbocycles. The Morgan fingerprint density at radius 3 is 2.57 bits per heavy atom. The van der Waals surface area contributed by atoms with Crippen molar-refractivity contribution in [2.45, 2.75) is 38.4 Å². The number of unbranched alkanes of at least 4 members (excludes halogenated alkanes) is 1. The zero-order chi connectivity index (χ0) is 24.8. The number of rotatable bonds is 10. The number of anilines is 1. The summed E-state index contributed by atoms with van der Waals surface area (Å²) in [6.07, 6.45) is 2.05. The number of nitrogens with zero attached hydrogens (tertiary/aromatic N) is 1. The van der Waals surface area contributed by atoms with Crippen LogP contribution in [0.5, 0.6) is 17.2 Å². The number of fused-ring (bicyclic) bond motifs is 1. The molecule has 0 amide bonds. The lowest BCUT2D eigenvalue weighted by Gasteiger charge is -2.36. The van der Waals surface area contributed by atoms with Gasteiger partial charge < -0.3 is 19.3 Å². The minimum Gasteiger partial charge on any atom is -0.496 e. The van der Waals surface area contributed by atoms with Crippen molar-refractivity contribution >= 4 is 5.69 Å². The number of benzene rings is 3. The maximum absolute atomic E-state index is 15.3. The van der Waals surface area contributed by atoms with Crippen LogP contribution in [0.3, 0.4) is 0 Å². The molecule has 0 aromatic heterocycles. The van der Waals surface area contributed by atoms with Gasteiger partial charge in [-0.2, -0.15) is 0 Å². The molecule has 1 atom stereocenters. The zero-order valence-electron chi connectivity index (χ0n) is 20.4. The Kier molecular flexibility index (Phi) is 7.78. The van der Waals surface area contributed by atoms with Crippen LogP contribution in [-0.4, -0.2) is 32.5 Å². The van der Waals surface area contributed by atoms with Crippen LogP contribution in [-0.2, 0) is 17.0 Å². The number of ether oxygens (including phenoxy) is 3. The Bertz CT molecular complexity index is 1140. The van der Waals surface area contributed by atoms with E-state index in [1.165, 1.54) is 25.3 Å². The molecule has 1 heterocycles. The standard InChI is InChI=1S/C28H32FNO5/c1-4-5-14-30(33-3)25-18-26(32-2)23(17-24(25)29)28(31)13-15-34-27-16-21(11-12-22(27)28)35-19-20-9-7-6-8-10-20/h6-12,16-18,31H,4-5,13-15,19H2,1-3H3. The number of methoxy groups -OCH3 is 1. The normalized spacial score (nSPS) is 16.8. The summed E-state index contributed by atoms with van der Waals surface area (Å²) in [5.41, 5.74) is 0.706. The third-order valence-corrected chi connectivity index (χ3v) is 6.29. The van der Waals surface area contributed by atoms with E-state index in [4.69, 9.17) is 19.0 Å². The molecule has 0 aliphatic carbocycles. The van der Waals surface area contributed by atoms with Crippen molar-refractivity contribution in [3.8, 4) is 17.2 Å². The molecule has 0 bridgehead atoms. The molecular weight excluding hydrogens is 449 g/mol. The first-order valence-corrected chi connectivity index (χ1v) is 11.9. The fourth-order valence-corrected chi connectivity index (χ4v) is 4.36. The first-order chi connectivity index (χ1) is 17.0. The third kappa shape index (κ3) is 5.21. The van der Waals surface area contributed by atoms with E-state index in [-0.39, 0.29) is 18.7 Å². The van der Waals surface area contributed by atoms with Gasteiger partial charge in [-0.05, 0) is 30.2 Å². The van der Waals surface area contributed by atoms with E-state index in [1.807, 2.05) is 30.3 Å². The second kappa shape index (κ2) is 11.0. The Morgan fingerprint density at radius 2 is 1.86 bits per heavy atom. The molecule has 6 nitrogen and oxygen atoms in total. The fraction of sp³-hybridized carbons (Fsp3) is 0.357. The van der Waals surface area contributed by atoms with Crippen molar-refractivity contribution in [2.24, 2.45) is 0 Å². The van der Waals surface area contributed by atoms with Crippen molar-refractivity contribution < 1.29 is 28.5 Å². The van der Waals surface area contributed by atoms with Crippen molar-refractivity contribution in [3.63, 3.8) is 0 Å². The predicted octanol–water partition coefficient (Wildman–Crippen LogP) is 5.60. The van der Waals surface area contributed by atoms with E-state index in [0.29, 0.717) is 41.5 Å². The molecular formula is C28H32FNO5.